The molecule has 2 saturated heterocycles. The van der Waals surface area contributed by atoms with Crippen molar-refractivity contribution in [1.82, 2.24) is 10.2 Å². The van der Waals surface area contributed by atoms with Gasteiger partial charge in [0.1, 0.15) is 12.4 Å². The lowest BCUT2D eigenvalue weighted by Crippen LogP contribution is -2.51. The summed E-state index contributed by atoms with van der Waals surface area (Å²) in [6.07, 6.45) is 0.967. The monoisotopic (exact) mass is 348 g/mol. The third-order valence-electron chi connectivity index (χ3n) is 5.79. The quantitative estimate of drug-likeness (QED) is 0.699. The highest BCUT2D eigenvalue weighted by Gasteiger charge is 2.56. The molecular formula is C20H32N2O3. The van der Waals surface area contributed by atoms with Gasteiger partial charge in [0, 0.05) is 30.2 Å². The Hall–Kier alpha value is -1.14. The van der Waals surface area contributed by atoms with Gasteiger partial charge in [-0.2, -0.15) is 0 Å². The molecule has 2 aliphatic rings. The molecule has 5 nitrogen and oxygen atoms in total. The molecule has 0 amide bonds. The molecule has 0 bridgehead atoms. The molecule has 2 aliphatic heterocycles. The van der Waals surface area contributed by atoms with Gasteiger partial charge in [-0.05, 0) is 37.3 Å². The van der Waals surface area contributed by atoms with Gasteiger partial charge in [0.2, 0.25) is 0 Å². The van der Waals surface area contributed by atoms with Crippen LogP contribution in [0.3, 0.4) is 0 Å². The number of nitrogens with zero attached hydrogens (tertiary/aromatic N) is 1. The average Bonchev–Trinajstić information content (AvgIpc) is 3.10. The highest BCUT2D eigenvalue weighted by Crippen LogP contribution is 2.50. The number of hydrogen-bond donors (Lipinski definition) is 3. The lowest BCUT2D eigenvalue weighted by atomic mass is 9.76. The van der Waals surface area contributed by atoms with E-state index in [4.69, 9.17) is 9.84 Å². The van der Waals surface area contributed by atoms with Crippen LogP contribution in [0.25, 0.3) is 0 Å². The van der Waals surface area contributed by atoms with Crippen molar-refractivity contribution in [2.75, 3.05) is 40.0 Å². The maximum Gasteiger partial charge on any atom is 0.124 e. The van der Waals surface area contributed by atoms with Gasteiger partial charge in [-0.15, -0.1) is 0 Å². The molecule has 0 radical (unpaired) electrons. The molecule has 0 aliphatic carbocycles. The molecule has 1 aromatic carbocycles. The standard InChI is InChI=1S/C20H32N2O3/c1-14(2)10-20(13-24)17-12-22(3)11-16(17)19(21-20)15-6-4-5-7-18(15)25-9-8-23/h4-7,14,16-17,19,21,23-24H,8-13H2,1-3H3/t16-,17+,19-,20+/m1/s1. The maximum atomic E-state index is 10.3. The van der Waals surface area contributed by atoms with Crippen molar-refractivity contribution in [3.8, 4) is 5.75 Å². The summed E-state index contributed by atoms with van der Waals surface area (Å²) in [4.78, 5) is 2.38. The van der Waals surface area contributed by atoms with Gasteiger partial charge in [-0.1, -0.05) is 32.0 Å². The topological polar surface area (TPSA) is 65.0 Å². The number of para-hydroxylation sites is 1. The number of aliphatic hydroxyl groups excluding tert-OH is 2. The Labute approximate surface area is 151 Å². The Bertz CT molecular complexity index is 580. The zero-order valence-electron chi connectivity index (χ0n) is 15.6. The van der Waals surface area contributed by atoms with E-state index in [1.54, 1.807) is 0 Å². The Balaban J connectivity index is 1.94. The van der Waals surface area contributed by atoms with Crippen LogP contribution in [-0.4, -0.2) is 60.6 Å². The van der Waals surface area contributed by atoms with E-state index in [1.165, 1.54) is 0 Å². The lowest BCUT2D eigenvalue weighted by molar-refractivity contribution is 0.109. The number of ether oxygens (including phenoxy) is 1. The molecule has 0 saturated carbocycles. The first-order chi connectivity index (χ1) is 12.0. The molecule has 25 heavy (non-hydrogen) atoms. The number of likely N-dealkylation sites (tertiary alicyclic amines) is 1. The van der Waals surface area contributed by atoms with Gasteiger partial charge in [0.15, 0.2) is 0 Å². The molecular weight excluding hydrogens is 316 g/mol. The summed E-state index contributed by atoms with van der Waals surface area (Å²) in [6.45, 7) is 6.95. The summed E-state index contributed by atoms with van der Waals surface area (Å²) in [5.41, 5.74) is 0.901. The molecule has 1 aromatic rings. The van der Waals surface area contributed by atoms with Crippen LogP contribution in [0.1, 0.15) is 31.9 Å². The summed E-state index contributed by atoms with van der Waals surface area (Å²) in [7, 11) is 2.17. The van der Waals surface area contributed by atoms with Crippen molar-refractivity contribution >= 4 is 0 Å². The average molecular weight is 348 g/mol. The van der Waals surface area contributed by atoms with E-state index in [1.807, 2.05) is 18.2 Å². The van der Waals surface area contributed by atoms with Gasteiger partial charge in [-0.25, -0.2) is 0 Å². The molecule has 2 fully saturated rings. The van der Waals surface area contributed by atoms with E-state index in [2.05, 4.69) is 37.2 Å². The smallest absolute Gasteiger partial charge is 0.124 e. The summed E-state index contributed by atoms with van der Waals surface area (Å²) < 4.78 is 5.79. The number of nitrogens with one attached hydrogen (secondary N) is 1. The molecule has 2 heterocycles. The van der Waals surface area contributed by atoms with Crippen LogP contribution < -0.4 is 10.1 Å². The molecule has 0 spiro atoms. The fourth-order valence-electron chi connectivity index (χ4n) is 4.98. The van der Waals surface area contributed by atoms with Crippen LogP contribution in [0, 0.1) is 17.8 Å². The Kier molecular flexibility index (Phi) is 5.68. The first kappa shape index (κ1) is 18.6. The number of hydrogen-bond acceptors (Lipinski definition) is 5. The second-order valence-corrected chi connectivity index (χ2v) is 8.14. The van der Waals surface area contributed by atoms with Crippen LogP contribution in [0.2, 0.25) is 0 Å². The van der Waals surface area contributed by atoms with Crippen molar-refractivity contribution in [3.63, 3.8) is 0 Å². The van der Waals surface area contributed by atoms with E-state index in [0.717, 1.165) is 30.8 Å². The summed E-state index contributed by atoms with van der Waals surface area (Å²) >= 11 is 0. The highest BCUT2D eigenvalue weighted by molar-refractivity contribution is 5.38. The van der Waals surface area contributed by atoms with Crippen LogP contribution in [-0.2, 0) is 0 Å². The first-order valence-electron chi connectivity index (χ1n) is 9.40. The number of benzene rings is 1. The molecule has 5 heteroatoms. The zero-order valence-corrected chi connectivity index (χ0v) is 15.6. The van der Waals surface area contributed by atoms with E-state index < -0.39 is 0 Å². The number of rotatable bonds is 7. The second-order valence-electron chi connectivity index (χ2n) is 8.14. The second kappa shape index (κ2) is 7.62. The number of fused-ring (bicyclic) bond motifs is 1. The summed E-state index contributed by atoms with van der Waals surface area (Å²) in [5, 5.41) is 23.3. The fourth-order valence-corrected chi connectivity index (χ4v) is 4.98. The summed E-state index contributed by atoms with van der Waals surface area (Å²) in [5.74, 6) is 2.24. The third kappa shape index (κ3) is 3.56. The molecule has 3 N–H and O–H groups in total. The first-order valence-corrected chi connectivity index (χ1v) is 9.40. The SMILES string of the molecule is CC(C)C[C@@]1(CO)N[C@H](c2ccccc2OCCO)[C@@H]2CN(C)C[C@@H]21. The lowest BCUT2D eigenvalue weighted by Gasteiger charge is -2.36. The minimum absolute atomic E-state index is 0.00908. The van der Waals surface area contributed by atoms with Crippen LogP contribution in [0.15, 0.2) is 24.3 Å². The molecule has 3 rings (SSSR count). The molecule has 4 atom stereocenters. The molecule has 0 unspecified atom stereocenters. The largest absolute Gasteiger partial charge is 0.491 e. The van der Waals surface area contributed by atoms with E-state index in [0.29, 0.717) is 24.4 Å². The Morgan fingerprint density at radius 3 is 2.72 bits per heavy atom. The maximum absolute atomic E-state index is 10.3. The van der Waals surface area contributed by atoms with E-state index in [9.17, 15) is 5.11 Å². The normalized spacial score (nSPS) is 32.3. The Morgan fingerprint density at radius 1 is 1.28 bits per heavy atom. The van der Waals surface area contributed by atoms with E-state index in [-0.39, 0.29) is 24.8 Å². The molecule has 140 valence electrons. The number of aliphatic hydroxyl groups is 2. The van der Waals surface area contributed by atoms with Crippen molar-refractivity contribution < 1.29 is 14.9 Å². The zero-order chi connectivity index (χ0) is 18.0. The fraction of sp³-hybridized carbons (Fsp3) is 0.700. The predicted octanol–water partition coefficient (Wildman–Crippen LogP) is 1.66. The minimum atomic E-state index is -0.238. The minimum Gasteiger partial charge on any atom is -0.491 e. The van der Waals surface area contributed by atoms with Crippen LogP contribution in [0.4, 0.5) is 0 Å². The highest BCUT2D eigenvalue weighted by atomic mass is 16.5. The summed E-state index contributed by atoms with van der Waals surface area (Å²) in [6, 6.07) is 8.26. The van der Waals surface area contributed by atoms with Crippen LogP contribution in [0.5, 0.6) is 5.75 Å². The van der Waals surface area contributed by atoms with Gasteiger partial charge >= 0.3 is 0 Å². The predicted molar refractivity (Wildman–Crippen MR) is 98.6 cm³/mol. The van der Waals surface area contributed by atoms with Gasteiger partial charge in [0.25, 0.3) is 0 Å². The van der Waals surface area contributed by atoms with Crippen molar-refractivity contribution in [2.24, 2.45) is 17.8 Å². The van der Waals surface area contributed by atoms with Crippen molar-refractivity contribution in [2.45, 2.75) is 31.8 Å². The van der Waals surface area contributed by atoms with Crippen molar-refractivity contribution in [3.05, 3.63) is 29.8 Å². The third-order valence-corrected chi connectivity index (χ3v) is 5.79. The van der Waals surface area contributed by atoms with Gasteiger partial charge in [0.05, 0.1) is 13.2 Å². The molecule has 0 aromatic heterocycles. The van der Waals surface area contributed by atoms with E-state index >= 15 is 0 Å². The Morgan fingerprint density at radius 2 is 2.04 bits per heavy atom. The van der Waals surface area contributed by atoms with Gasteiger partial charge in [-0.3, -0.25) is 0 Å². The van der Waals surface area contributed by atoms with Crippen LogP contribution >= 0.6 is 0 Å². The van der Waals surface area contributed by atoms with Crippen molar-refractivity contribution in [1.29, 1.82) is 0 Å². The van der Waals surface area contributed by atoms with Gasteiger partial charge < -0.3 is 25.2 Å².